The molecule has 2 heteroatoms. The van der Waals surface area contributed by atoms with Gasteiger partial charge in [0.25, 0.3) is 0 Å². The van der Waals surface area contributed by atoms with E-state index in [2.05, 4.69) is 22.9 Å². The van der Waals surface area contributed by atoms with Crippen molar-refractivity contribution in [1.29, 1.82) is 0 Å². The normalized spacial score (nSPS) is 22.7. The van der Waals surface area contributed by atoms with Gasteiger partial charge in [0.2, 0.25) is 0 Å². The van der Waals surface area contributed by atoms with E-state index in [1.54, 1.807) is 32.0 Å². The minimum Gasteiger partial charge on any atom is -0.144 e. The first-order valence-electron chi connectivity index (χ1n) is 6.79. The topological polar surface area (TPSA) is 0 Å². The Hall–Kier alpha value is -0.860. The van der Waals surface area contributed by atoms with Crippen LogP contribution in [0.3, 0.4) is 0 Å². The molecule has 0 nitrogen and oxygen atoms in total. The van der Waals surface area contributed by atoms with Crippen LogP contribution in [0.4, 0.5) is 0 Å². The fourth-order valence-electron chi connectivity index (χ4n) is 3.31. The molecule has 0 amide bonds. The maximum Gasteiger partial charge on any atom is 0.0337 e. The van der Waals surface area contributed by atoms with Crippen LogP contribution in [0.1, 0.15) is 46.6 Å². The van der Waals surface area contributed by atoms with Gasteiger partial charge in [-0.2, -0.15) is 0 Å². The third kappa shape index (κ3) is 1.63. The summed E-state index contributed by atoms with van der Waals surface area (Å²) in [6.45, 7) is 0. The van der Waals surface area contributed by atoms with Gasteiger partial charge in [0.15, 0.2) is 0 Å². The molecule has 0 unspecified atom stereocenters. The van der Waals surface area contributed by atoms with Gasteiger partial charge < -0.3 is 0 Å². The molecule has 92 valence electrons. The Kier molecular flexibility index (Phi) is 2.66. The highest BCUT2D eigenvalue weighted by molar-refractivity contribution is 7.12. The molecule has 2 heterocycles. The molecule has 2 aromatic heterocycles. The molecule has 0 N–H and O–H groups in total. The molecule has 0 saturated heterocycles. The first-order valence-corrected chi connectivity index (χ1v) is 8.55. The van der Waals surface area contributed by atoms with E-state index in [1.165, 1.54) is 38.5 Å². The summed E-state index contributed by atoms with van der Waals surface area (Å²) in [5.74, 6) is 0. The average Bonchev–Trinajstić information content (AvgIpc) is 3.06. The number of fused-ring (bicyclic) bond motifs is 2. The fraction of sp³-hybridized carbons (Fsp3) is 0.375. The van der Waals surface area contributed by atoms with Crippen molar-refractivity contribution >= 4 is 33.8 Å². The van der Waals surface area contributed by atoms with E-state index < -0.39 is 0 Å². The van der Waals surface area contributed by atoms with Crippen LogP contribution in [0, 0.1) is 0 Å². The van der Waals surface area contributed by atoms with Crippen LogP contribution < -0.4 is 0 Å². The van der Waals surface area contributed by atoms with Gasteiger partial charge in [-0.1, -0.05) is 0 Å². The maximum atomic E-state index is 2.33. The van der Waals surface area contributed by atoms with E-state index in [0.717, 1.165) is 0 Å². The summed E-state index contributed by atoms with van der Waals surface area (Å²) < 4.78 is 0. The minimum atomic E-state index is 1.28. The van der Waals surface area contributed by atoms with Gasteiger partial charge >= 0.3 is 0 Å². The summed E-state index contributed by atoms with van der Waals surface area (Å²) >= 11 is 3.90. The molecule has 0 atom stereocenters. The number of rotatable bonds is 0. The zero-order chi connectivity index (χ0) is 11.9. The van der Waals surface area contributed by atoms with Gasteiger partial charge in [-0.25, -0.2) is 0 Å². The summed E-state index contributed by atoms with van der Waals surface area (Å²) in [4.78, 5) is 3.19. The third-order valence-corrected chi connectivity index (χ3v) is 6.18. The maximum absolute atomic E-state index is 2.33. The number of hydrogen-bond donors (Lipinski definition) is 0. The summed E-state index contributed by atoms with van der Waals surface area (Å²) in [6.07, 6.45) is 7.83. The molecule has 2 aliphatic carbocycles. The number of thiophene rings is 2. The first kappa shape index (κ1) is 11.0. The number of allylic oxidation sites excluding steroid dienone is 2. The van der Waals surface area contributed by atoms with Gasteiger partial charge in [0.1, 0.15) is 0 Å². The monoisotopic (exact) mass is 272 g/mol. The molecule has 4 rings (SSSR count). The lowest BCUT2D eigenvalue weighted by Crippen LogP contribution is -2.04. The van der Waals surface area contributed by atoms with Crippen LogP contribution in [0.2, 0.25) is 0 Å². The van der Waals surface area contributed by atoms with Crippen molar-refractivity contribution < 1.29 is 0 Å². The van der Waals surface area contributed by atoms with Crippen molar-refractivity contribution in [3.8, 4) is 0 Å². The molecule has 0 saturated carbocycles. The van der Waals surface area contributed by atoms with Crippen molar-refractivity contribution in [1.82, 2.24) is 0 Å². The quantitative estimate of drug-likeness (QED) is 0.603. The van der Waals surface area contributed by atoms with Crippen molar-refractivity contribution in [3.63, 3.8) is 0 Å². The Balaban J connectivity index is 1.92. The smallest absolute Gasteiger partial charge is 0.0337 e. The zero-order valence-electron chi connectivity index (χ0n) is 10.4. The van der Waals surface area contributed by atoms with Crippen LogP contribution in [0.15, 0.2) is 22.9 Å². The summed E-state index contributed by atoms with van der Waals surface area (Å²) in [7, 11) is 0. The molecule has 2 aliphatic rings. The summed E-state index contributed by atoms with van der Waals surface area (Å²) in [5.41, 5.74) is 6.54. The number of hydrogen-bond acceptors (Lipinski definition) is 2. The van der Waals surface area contributed by atoms with Crippen LogP contribution in [0.25, 0.3) is 11.1 Å². The second-order valence-corrected chi connectivity index (χ2v) is 7.05. The van der Waals surface area contributed by atoms with Gasteiger partial charge in [0.05, 0.1) is 0 Å². The highest BCUT2D eigenvalue weighted by atomic mass is 32.1. The van der Waals surface area contributed by atoms with Crippen molar-refractivity contribution in [2.45, 2.75) is 38.5 Å². The molecule has 0 bridgehead atoms. The summed E-state index contributed by atoms with van der Waals surface area (Å²) in [5, 5.41) is 4.55. The average molecular weight is 272 g/mol. The van der Waals surface area contributed by atoms with E-state index in [1.807, 2.05) is 22.7 Å². The largest absolute Gasteiger partial charge is 0.144 e. The van der Waals surface area contributed by atoms with Crippen LogP contribution in [-0.2, 0) is 12.8 Å². The predicted octanol–water partition coefficient (Wildman–Crippen LogP) is 5.39. The Morgan fingerprint density at radius 1 is 0.667 bits per heavy atom. The lowest BCUT2D eigenvalue weighted by atomic mass is 9.85. The molecule has 0 radical (unpaired) electrons. The van der Waals surface area contributed by atoms with Crippen molar-refractivity contribution in [3.05, 3.63) is 43.8 Å². The lowest BCUT2D eigenvalue weighted by Gasteiger charge is -2.23. The van der Waals surface area contributed by atoms with Crippen molar-refractivity contribution in [2.75, 3.05) is 0 Å². The Morgan fingerprint density at radius 3 is 1.67 bits per heavy atom. The second-order valence-electron chi connectivity index (χ2n) is 5.21. The SMILES string of the molecule is c1cc2c(s1)C(=C1CCCc3ccsc31)CCC2. The van der Waals surface area contributed by atoms with Gasteiger partial charge in [0, 0.05) is 9.75 Å². The van der Waals surface area contributed by atoms with E-state index in [0.29, 0.717) is 0 Å². The van der Waals surface area contributed by atoms with Crippen LogP contribution >= 0.6 is 22.7 Å². The van der Waals surface area contributed by atoms with Gasteiger partial charge in [-0.05, 0) is 83.7 Å². The lowest BCUT2D eigenvalue weighted by molar-refractivity contribution is 0.808. The fourth-order valence-corrected chi connectivity index (χ4v) is 5.42. The molecule has 0 aliphatic heterocycles. The van der Waals surface area contributed by atoms with E-state index in [9.17, 15) is 0 Å². The van der Waals surface area contributed by atoms with E-state index >= 15 is 0 Å². The predicted molar refractivity (Wildman–Crippen MR) is 81.3 cm³/mol. The molecular weight excluding hydrogens is 256 g/mol. The standard InChI is InChI=1S/C16H16S2/c1-3-11-7-9-17-15(11)13(5-1)14-6-2-4-12-8-10-18-16(12)14/h7-10H,1-6H2. The van der Waals surface area contributed by atoms with Crippen LogP contribution in [0.5, 0.6) is 0 Å². The third-order valence-electron chi connectivity index (χ3n) is 4.15. The highest BCUT2D eigenvalue weighted by Gasteiger charge is 2.23. The minimum absolute atomic E-state index is 1.28. The first-order chi connectivity index (χ1) is 8.93. The highest BCUT2D eigenvalue weighted by Crippen LogP contribution is 2.45. The molecule has 18 heavy (non-hydrogen) atoms. The summed E-state index contributed by atoms with van der Waals surface area (Å²) in [6, 6.07) is 4.66. The molecule has 2 aromatic rings. The van der Waals surface area contributed by atoms with E-state index in [4.69, 9.17) is 0 Å². The van der Waals surface area contributed by atoms with Gasteiger partial charge in [-0.3, -0.25) is 0 Å². The molecule has 0 aromatic carbocycles. The Bertz CT molecular complexity index is 558. The molecule has 0 spiro atoms. The van der Waals surface area contributed by atoms with E-state index in [-0.39, 0.29) is 0 Å². The van der Waals surface area contributed by atoms with Gasteiger partial charge in [-0.15, -0.1) is 22.7 Å². The second kappa shape index (κ2) is 4.36. The van der Waals surface area contributed by atoms with Crippen molar-refractivity contribution in [2.24, 2.45) is 0 Å². The van der Waals surface area contributed by atoms with Crippen LogP contribution in [-0.4, -0.2) is 0 Å². The molecule has 0 fully saturated rings. The molecular formula is C16H16S2. The Morgan fingerprint density at radius 2 is 1.17 bits per heavy atom. The zero-order valence-corrected chi connectivity index (χ0v) is 12.0. The number of aryl methyl sites for hydroxylation is 2. The Labute approximate surface area is 116 Å².